The van der Waals surface area contributed by atoms with Gasteiger partial charge in [0.1, 0.15) is 11.6 Å². The van der Waals surface area contributed by atoms with Crippen molar-refractivity contribution in [1.82, 2.24) is 5.32 Å². The van der Waals surface area contributed by atoms with Gasteiger partial charge in [0.25, 0.3) is 0 Å². The average molecular weight is 327 g/mol. The van der Waals surface area contributed by atoms with Crippen LogP contribution in [0.1, 0.15) is 31.0 Å². The van der Waals surface area contributed by atoms with Gasteiger partial charge in [-0.3, -0.25) is 4.79 Å². The van der Waals surface area contributed by atoms with E-state index in [4.69, 9.17) is 4.74 Å². The predicted octanol–water partition coefficient (Wildman–Crippen LogP) is 4.36. The Kier molecular flexibility index (Phi) is 6.13. The van der Waals surface area contributed by atoms with Gasteiger partial charge in [0.2, 0.25) is 5.91 Å². The van der Waals surface area contributed by atoms with Crippen LogP contribution in [0, 0.1) is 11.7 Å². The van der Waals surface area contributed by atoms with E-state index in [1.165, 1.54) is 18.2 Å². The molecule has 0 saturated heterocycles. The first kappa shape index (κ1) is 17.7. The van der Waals surface area contributed by atoms with Gasteiger partial charge in [0.15, 0.2) is 0 Å². The van der Waals surface area contributed by atoms with Crippen LogP contribution in [-0.2, 0) is 4.79 Å². The van der Waals surface area contributed by atoms with Crippen LogP contribution in [0.25, 0.3) is 6.08 Å². The molecule has 4 heteroatoms. The van der Waals surface area contributed by atoms with E-state index >= 15 is 0 Å². The molecule has 1 N–H and O–H groups in total. The Hall–Kier alpha value is -2.62. The number of methoxy groups -OCH3 is 1. The van der Waals surface area contributed by atoms with E-state index in [9.17, 15) is 9.18 Å². The monoisotopic (exact) mass is 327 g/mol. The summed E-state index contributed by atoms with van der Waals surface area (Å²) in [5.41, 5.74) is 1.77. The summed E-state index contributed by atoms with van der Waals surface area (Å²) in [7, 11) is 1.60. The van der Waals surface area contributed by atoms with Crippen molar-refractivity contribution in [2.24, 2.45) is 5.92 Å². The summed E-state index contributed by atoms with van der Waals surface area (Å²) in [5.74, 6) is 0.444. The van der Waals surface area contributed by atoms with Crippen molar-refractivity contribution in [2.45, 2.75) is 19.9 Å². The van der Waals surface area contributed by atoms with Gasteiger partial charge in [-0.2, -0.15) is 0 Å². The summed E-state index contributed by atoms with van der Waals surface area (Å²) >= 11 is 0. The lowest BCUT2D eigenvalue weighted by atomic mass is 9.96. The third-order valence-corrected chi connectivity index (χ3v) is 3.71. The number of nitrogens with one attached hydrogen (secondary N) is 1. The number of rotatable bonds is 6. The highest BCUT2D eigenvalue weighted by Gasteiger charge is 2.17. The Morgan fingerprint density at radius 2 is 1.88 bits per heavy atom. The third kappa shape index (κ3) is 4.95. The topological polar surface area (TPSA) is 38.3 Å². The molecule has 2 aromatic carbocycles. The predicted molar refractivity (Wildman–Crippen MR) is 94.1 cm³/mol. The minimum atomic E-state index is -0.287. The normalized spacial score (nSPS) is 12.4. The minimum Gasteiger partial charge on any atom is -0.497 e. The molecule has 0 saturated carbocycles. The third-order valence-electron chi connectivity index (χ3n) is 3.71. The van der Waals surface area contributed by atoms with Gasteiger partial charge in [0, 0.05) is 6.08 Å². The second-order valence-electron chi connectivity index (χ2n) is 5.89. The van der Waals surface area contributed by atoms with Gasteiger partial charge in [-0.15, -0.1) is 0 Å². The van der Waals surface area contributed by atoms with Gasteiger partial charge >= 0.3 is 0 Å². The van der Waals surface area contributed by atoms with E-state index in [0.29, 0.717) is 0 Å². The second-order valence-corrected chi connectivity index (χ2v) is 5.89. The maximum atomic E-state index is 13.1. The molecule has 2 rings (SSSR count). The highest BCUT2D eigenvalue weighted by atomic mass is 19.1. The number of carbonyl (C=O) groups is 1. The number of amides is 1. The summed E-state index contributed by atoms with van der Waals surface area (Å²) in [6.07, 6.45) is 3.23. The molecule has 3 nitrogen and oxygen atoms in total. The Morgan fingerprint density at radius 3 is 2.50 bits per heavy atom. The quantitative estimate of drug-likeness (QED) is 0.801. The lowest BCUT2D eigenvalue weighted by molar-refractivity contribution is -0.117. The zero-order chi connectivity index (χ0) is 17.5. The maximum absolute atomic E-state index is 13.1. The Bertz CT molecular complexity index is 708. The number of carbonyl (C=O) groups excluding carboxylic acids is 1. The first-order valence-corrected chi connectivity index (χ1v) is 7.87. The highest BCUT2D eigenvalue weighted by Crippen LogP contribution is 2.22. The van der Waals surface area contributed by atoms with Crippen LogP contribution in [-0.4, -0.2) is 13.0 Å². The van der Waals surface area contributed by atoms with Gasteiger partial charge < -0.3 is 10.1 Å². The molecule has 0 aliphatic carbocycles. The van der Waals surface area contributed by atoms with E-state index in [1.807, 2.05) is 38.1 Å². The molecule has 2 aromatic rings. The number of hydrogen-bond donors (Lipinski definition) is 1. The fourth-order valence-corrected chi connectivity index (χ4v) is 2.42. The molecular formula is C20H22FNO2. The number of ether oxygens (including phenoxy) is 1. The maximum Gasteiger partial charge on any atom is 0.244 e. The van der Waals surface area contributed by atoms with E-state index in [0.717, 1.165) is 16.9 Å². The number of benzene rings is 2. The highest BCUT2D eigenvalue weighted by molar-refractivity contribution is 5.92. The molecule has 0 fully saturated rings. The molecule has 0 radical (unpaired) electrons. The summed E-state index contributed by atoms with van der Waals surface area (Å²) in [6, 6.07) is 13.5. The first-order chi connectivity index (χ1) is 11.5. The van der Waals surface area contributed by atoms with Crippen molar-refractivity contribution in [1.29, 1.82) is 0 Å². The minimum absolute atomic E-state index is 0.173. The van der Waals surface area contributed by atoms with Gasteiger partial charge in [-0.05, 0) is 47.4 Å². The molecule has 1 atom stereocenters. The Morgan fingerprint density at radius 1 is 1.17 bits per heavy atom. The second kappa shape index (κ2) is 8.29. The van der Waals surface area contributed by atoms with Gasteiger partial charge in [-0.1, -0.05) is 38.1 Å². The summed E-state index contributed by atoms with van der Waals surface area (Å²) < 4.78 is 18.2. The lowest BCUT2D eigenvalue weighted by Crippen LogP contribution is -2.30. The largest absolute Gasteiger partial charge is 0.497 e. The molecule has 0 spiro atoms. The van der Waals surface area contributed by atoms with Crippen molar-refractivity contribution in [2.75, 3.05) is 7.11 Å². The number of hydrogen-bond acceptors (Lipinski definition) is 2. The van der Waals surface area contributed by atoms with Crippen molar-refractivity contribution in [3.63, 3.8) is 0 Å². The molecule has 1 amide bonds. The first-order valence-electron chi connectivity index (χ1n) is 7.87. The molecule has 1 unspecified atom stereocenters. The van der Waals surface area contributed by atoms with Crippen LogP contribution in [0.15, 0.2) is 54.6 Å². The zero-order valence-corrected chi connectivity index (χ0v) is 14.1. The molecule has 126 valence electrons. The molecule has 0 heterocycles. The lowest BCUT2D eigenvalue weighted by Gasteiger charge is -2.22. The van der Waals surface area contributed by atoms with Gasteiger partial charge in [0.05, 0.1) is 13.2 Å². The van der Waals surface area contributed by atoms with Crippen LogP contribution < -0.4 is 10.1 Å². The number of halogens is 1. The average Bonchev–Trinajstić information content (AvgIpc) is 2.59. The van der Waals surface area contributed by atoms with Crippen LogP contribution in [0.2, 0.25) is 0 Å². The molecule has 0 bridgehead atoms. The smallest absolute Gasteiger partial charge is 0.244 e. The Balaban J connectivity index is 2.07. The SMILES string of the molecule is COc1cccc(/C=C/C(=O)NC(c2ccc(F)cc2)C(C)C)c1. The molecule has 24 heavy (non-hydrogen) atoms. The molecule has 0 aliphatic rings. The zero-order valence-electron chi connectivity index (χ0n) is 14.1. The van der Waals surface area contributed by atoms with Gasteiger partial charge in [-0.25, -0.2) is 4.39 Å². The summed E-state index contributed by atoms with van der Waals surface area (Å²) in [4.78, 5) is 12.2. The molecule has 0 aromatic heterocycles. The molecule has 0 aliphatic heterocycles. The van der Waals surface area contributed by atoms with Crippen LogP contribution in [0.5, 0.6) is 5.75 Å². The summed E-state index contributed by atoms with van der Waals surface area (Å²) in [6.45, 7) is 4.03. The fraction of sp³-hybridized carbons (Fsp3) is 0.250. The van der Waals surface area contributed by atoms with Crippen LogP contribution in [0.4, 0.5) is 4.39 Å². The van der Waals surface area contributed by atoms with Crippen molar-refractivity contribution in [3.05, 3.63) is 71.6 Å². The van der Waals surface area contributed by atoms with Crippen molar-refractivity contribution in [3.8, 4) is 5.75 Å². The fourth-order valence-electron chi connectivity index (χ4n) is 2.42. The Labute approximate surface area is 142 Å². The standard InChI is InChI=1S/C20H22FNO2/c1-14(2)20(16-8-10-17(21)11-9-16)22-19(23)12-7-15-5-4-6-18(13-15)24-3/h4-14,20H,1-3H3,(H,22,23)/b12-7+. The van der Waals surface area contributed by atoms with E-state index < -0.39 is 0 Å². The van der Waals surface area contributed by atoms with Crippen LogP contribution in [0.3, 0.4) is 0 Å². The summed E-state index contributed by atoms with van der Waals surface area (Å²) in [5, 5.41) is 2.97. The van der Waals surface area contributed by atoms with Crippen LogP contribution >= 0.6 is 0 Å². The van der Waals surface area contributed by atoms with Crippen molar-refractivity contribution < 1.29 is 13.9 Å². The van der Waals surface area contributed by atoms with E-state index in [2.05, 4.69) is 5.32 Å². The van der Waals surface area contributed by atoms with Crippen molar-refractivity contribution >= 4 is 12.0 Å². The van der Waals surface area contributed by atoms with E-state index in [-0.39, 0.29) is 23.7 Å². The molecular weight excluding hydrogens is 305 g/mol. The van der Waals surface area contributed by atoms with E-state index in [1.54, 1.807) is 25.3 Å².